The Hall–Kier alpha value is -1.88. The van der Waals surface area contributed by atoms with Crippen molar-refractivity contribution in [3.05, 3.63) is 66.2 Å². The van der Waals surface area contributed by atoms with E-state index in [1.54, 1.807) is 0 Å². The number of hydrogen-bond acceptors (Lipinski definition) is 4. The van der Waals surface area contributed by atoms with Crippen molar-refractivity contribution in [1.82, 2.24) is 15.5 Å². The number of piperazine rings is 2. The molecule has 0 bridgehead atoms. The van der Waals surface area contributed by atoms with Crippen LogP contribution in [0.25, 0.3) is 0 Å². The van der Waals surface area contributed by atoms with Crippen molar-refractivity contribution in [2.75, 3.05) is 57.3 Å². The van der Waals surface area contributed by atoms with Crippen LogP contribution in [0.1, 0.15) is 19.4 Å². The van der Waals surface area contributed by atoms with Crippen molar-refractivity contribution < 1.29 is 0 Å². The van der Waals surface area contributed by atoms with Crippen molar-refractivity contribution in [3.8, 4) is 0 Å². The molecule has 0 atom stereocenters. The van der Waals surface area contributed by atoms with Crippen LogP contribution in [0.5, 0.6) is 0 Å². The van der Waals surface area contributed by atoms with Gasteiger partial charge >= 0.3 is 0 Å². The Balaban J connectivity index is 0.000000178. The molecule has 4 heteroatoms. The molecule has 4 nitrogen and oxygen atoms in total. The van der Waals surface area contributed by atoms with Crippen molar-refractivity contribution >= 4 is 5.69 Å². The van der Waals surface area contributed by atoms with Gasteiger partial charge in [-0.05, 0) is 17.7 Å². The Morgan fingerprint density at radius 2 is 1.15 bits per heavy atom. The topological polar surface area (TPSA) is 30.5 Å². The largest absolute Gasteiger partial charge is 0.369 e. The minimum atomic E-state index is 1.10. The van der Waals surface area contributed by atoms with E-state index < -0.39 is 0 Å². The van der Waals surface area contributed by atoms with Crippen molar-refractivity contribution in [1.29, 1.82) is 0 Å². The van der Waals surface area contributed by atoms with E-state index in [1.807, 2.05) is 13.8 Å². The fourth-order valence-corrected chi connectivity index (χ4v) is 3.27. The van der Waals surface area contributed by atoms with E-state index in [9.17, 15) is 0 Å². The van der Waals surface area contributed by atoms with Crippen LogP contribution in [-0.2, 0) is 6.54 Å². The lowest BCUT2D eigenvalue weighted by atomic mass is 10.2. The summed E-state index contributed by atoms with van der Waals surface area (Å²) in [7, 11) is 0. The predicted molar refractivity (Wildman–Crippen MR) is 117 cm³/mol. The third-order valence-corrected chi connectivity index (χ3v) is 4.70. The van der Waals surface area contributed by atoms with Crippen LogP contribution in [0.3, 0.4) is 0 Å². The zero-order valence-electron chi connectivity index (χ0n) is 17.0. The number of hydrogen-bond donors (Lipinski definition) is 2. The van der Waals surface area contributed by atoms with E-state index in [0.717, 1.165) is 45.8 Å². The molecule has 2 fully saturated rings. The molecule has 2 aromatic rings. The smallest absolute Gasteiger partial charge is 0.0367 e. The molecule has 2 heterocycles. The number of benzene rings is 2. The lowest BCUT2D eigenvalue weighted by Crippen LogP contribution is -2.43. The lowest BCUT2D eigenvalue weighted by Gasteiger charge is -2.29. The SMILES string of the molecule is CC.c1ccc(CN2CCNCC2)cc1.c1ccc(N2CCNCC2)cc1. The maximum Gasteiger partial charge on any atom is 0.0367 e. The van der Waals surface area contributed by atoms with Gasteiger partial charge in [-0.15, -0.1) is 0 Å². The van der Waals surface area contributed by atoms with Gasteiger partial charge in [0.15, 0.2) is 0 Å². The average Bonchev–Trinajstić information content (AvgIpc) is 2.78. The highest BCUT2D eigenvalue weighted by Crippen LogP contribution is 2.12. The maximum absolute atomic E-state index is 3.36. The summed E-state index contributed by atoms with van der Waals surface area (Å²) in [5.74, 6) is 0. The van der Waals surface area contributed by atoms with E-state index in [4.69, 9.17) is 0 Å². The molecule has 0 radical (unpaired) electrons. The fraction of sp³-hybridized carbons (Fsp3) is 0.478. The molecule has 2 aliphatic rings. The Morgan fingerprint density at radius 3 is 1.70 bits per heavy atom. The van der Waals surface area contributed by atoms with E-state index in [2.05, 4.69) is 81.1 Å². The van der Waals surface area contributed by atoms with Crippen LogP contribution in [0.4, 0.5) is 5.69 Å². The Kier molecular flexibility index (Phi) is 10.6. The second kappa shape index (κ2) is 13.3. The molecule has 0 saturated carbocycles. The Morgan fingerprint density at radius 1 is 0.667 bits per heavy atom. The molecule has 2 saturated heterocycles. The molecule has 0 aromatic heterocycles. The van der Waals surface area contributed by atoms with Crippen LogP contribution in [0.15, 0.2) is 60.7 Å². The van der Waals surface area contributed by atoms with Crippen molar-refractivity contribution in [3.63, 3.8) is 0 Å². The zero-order valence-corrected chi connectivity index (χ0v) is 17.0. The van der Waals surface area contributed by atoms with Gasteiger partial charge in [-0.2, -0.15) is 0 Å². The van der Waals surface area contributed by atoms with Crippen LogP contribution in [-0.4, -0.2) is 57.3 Å². The van der Waals surface area contributed by atoms with Gasteiger partial charge in [0.25, 0.3) is 0 Å². The second-order valence-electron chi connectivity index (χ2n) is 6.58. The highest BCUT2D eigenvalue weighted by molar-refractivity contribution is 5.46. The standard InChI is InChI=1S/C11H16N2.C10H14N2.C2H6/c1-2-4-11(5-3-1)10-13-8-6-12-7-9-13;1-2-4-10(5-3-1)12-8-6-11-7-9-12;1-2/h1-5,12H,6-10H2;1-5,11H,6-9H2;1-2H3. The molecule has 2 aliphatic heterocycles. The molecule has 2 aromatic carbocycles. The maximum atomic E-state index is 3.36. The van der Waals surface area contributed by atoms with Gasteiger partial charge in [0.05, 0.1) is 0 Å². The Labute approximate surface area is 165 Å². The van der Waals surface area contributed by atoms with Crippen molar-refractivity contribution in [2.45, 2.75) is 20.4 Å². The van der Waals surface area contributed by atoms with Gasteiger partial charge < -0.3 is 15.5 Å². The summed E-state index contributed by atoms with van der Waals surface area (Å²) in [6, 6.07) is 21.3. The minimum absolute atomic E-state index is 1.10. The molecule has 148 valence electrons. The first-order valence-electron chi connectivity index (χ1n) is 10.4. The molecule has 0 spiro atoms. The molecule has 4 rings (SSSR count). The fourth-order valence-electron chi connectivity index (χ4n) is 3.27. The second-order valence-corrected chi connectivity index (χ2v) is 6.58. The molecule has 0 amide bonds. The predicted octanol–water partition coefficient (Wildman–Crippen LogP) is 3.21. The molecule has 0 aliphatic carbocycles. The van der Waals surface area contributed by atoms with E-state index >= 15 is 0 Å². The van der Waals surface area contributed by atoms with Crippen molar-refractivity contribution in [2.24, 2.45) is 0 Å². The van der Waals surface area contributed by atoms with Gasteiger partial charge in [0.2, 0.25) is 0 Å². The first kappa shape index (κ1) is 21.4. The van der Waals surface area contributed by atoms with Crippen LogP contribution in [0, 0.1) is 0 Å². The minimum Gasteiger partial charge on any atom is -0.369 e. The summed E-state index contributed by atoms with van der Waals surface area (Å²) in [4.78, 5) is 4.91. The molecule has 27 heavy (non-hydrogen) atoms. The van der Waals surface area contributed by atoms with E-state index in [1.165, 1.54) is 24.3 Å². The van der Waals surface area contributed by atoms with Gasteiger partial charge in [-0.1, -0.05) is 62.4 Å². The van der Waals surface area contributed by atoms with Crippen LogP contribution < -0.4 is 15.5 Å². The molecular weight excluding hydrogens is 332 g/mol. The quantitative estimate of drug-likeness (QED) is 0.871. The molecule has 0 unspecified atom stereocenters. The third kappa shape index (κ3) is 8.12. The van der Waals surface area contributed by atoms with Crippen LogP contribution >= 0.6 is 0 Å². The Bertz CT molecular complexity index is 576. The zero-order chi connectivity index (χ0) is 19.2. The normalized spacial score (nSPS) is 17.2. The highest BCUT2D eigenvalue weighted by atomic mass is 15.2. The third-order valence-electron chi connectivity index (χ3n) is 4.70. The monoisotopic (exact) mass is 368 g/mol. The van der Waals surface area contributed by atoms with E-state index in [0.29, 0.717) is 0 Å². The number of anilines is 1. The van der Waals surface area contributed by atoms with Gasteiger partial charge in [0.1, 0.15) is 0 Å². The molecular formula is C23H36N4. The summed E-state index contributed by atoms with van der Waals surface area (Å²) < 4.78 is 0. The summed E-state index contributed by atoms with van der Waals surface area (Å²) in [6.45, 7) is 14.2. The highest BCUT2D eigenvalue weighted by Gasteiger charge is 2.09. The summed E-state index contributed by atoms with van der Waals surface area (Å²) in [6.07, 6.45) is 0. The van der Waals surface area contributed by atoms with Gasteiger partial charge in [-0.3, -0.25) is 4.90 Å². The number of para-hydroxylation sites is 1. The number of nitrogens with zero attached hydrogens (tertiary/aromatic N) is 2. The first-order chi connectivity index (χ1) is 13.4. The van der Waals surface area contributed by atoms with Gasteiger partial charge in [0, 0.05) is 64.6 Å². The summed E-state index contributed by atoms with van der Waals surface area (Å²) >= 11 is 0. The average molecular weight is 369 g/mol. The molecule has 2 N–H and O–H groups in total. The number of nitrogens with one attached hydrogen (secondary N) is 2. The van der Waals surface area contributed by atoms with Gasteiger partial charge in [-0.25, -0.2) is 0 Å². The number of rotatable bonds is 3. The first-order valence-corrected chi connectivity index (χ1v) is 10.4. The lowest BCUT2D eigenvalue weighted by molar-refractivity contribution is 0.233. The van der Waals surface area contributed by atoms with Crippen LogP contribution in [0.2, 0.25) is 0 Å². The summed E-state index contributed by atoms with van der Waals surface area (Å²) in [5, 5.41) is 6.70. The van der Waals surface area contributed by atoms with E-state index in [-0.39, 0.29) is 0 Å². The summed E-state index contributed by atoms with van der Waals surface area (Å²) in [5.41, 5.74) is 2.77.